The van der Waals surface area contributed by atoms with E-state index in [4.69, 9.17) is 4.42 Å². The second-order valence-corrected chi connectivity index (χ2v) is 4.85. The molecule has 0 aliphatic rings. The zero-order valence-corrected chi connectivity index (χ0v) is 10.8. The third-order valence-electron chi connectivity index (χ3n) is 2.72. The van der Waals surface area contributed by atoms with E-state index in [-0.39, 0.29) is 11.5 Å². The first-order chi connectivity index (χ1) is 8.63. The number of aromatic hydroxyl groups is 2. The van der Waals surface area contributed by atoms with Crippen LogP contribution < -0.4 is 0 Å². The Bertz CT molecular complexity index is 731. The summed E-state index contributed by atoms with van der Waals surface area (Å²) < 4.78 is 6.46. The molecule has 0 amide bonds. The third-order valence-corrected chi connectivity index (χ3v) is 3.37. The Hall–Kier alpha value is -1.94. The van der Waals surface area contributed by atoms with Crippen molar-refractivity contribution in [3.05, 3.63) is 46.9 Å². The van der Waals surface area contributed by atoms with Gasteiger partial charge in [0, 0.05) is 15.4 Å². The molecule has 3 rings (SSSR count). The van der Waals surface area contributed by atoms with Gasteiger partial charge in [-0.1, -0.05) is 0 Å². The Balaban J connectivity index is 2.19. The minimum atomic E-state index is 0.194. The van der Waals surface area contributed by atoms with Gasteiger partial charge in [-0.3, -0.25) is 0 Å². The normalized spacial score (nSPS) is 10.9. The summed E-state index contributed by atoms with van der Waals surface area (Å²) in [7, 11) is 0. The molecule has 0 unspecified atom stereocenters. The molecule has 2 aromatic carbocycles. The molecule has 0 aliphatic carbocycles. The number of phenols is 2. The summed E-state index contributed by atoms with van der Waals surface area (Å²) in [5.41, 5.74) is 1.56. The minimum Gasteiger partial charge on any atom is -0.508 e. The Kier molecular flexibility index (Phi) is 2.52. The van der Waals surface area contributed by atoms with E-state index in [1.807, 2.05) is 6.07 Å². The molecule has 0 atom stereocenters. The summed E-state index contributed by atoms with van der Waals surface area (Å²) in [4.78, 5) is 0. The van der Waals surface area contributed by atoms with Gasteiger partial charge in [0.25, 0.3) is 0 Å². The van der Waals surface area contributed by atoms with Gasteiger partial charge in [0.2, 0.25) is 0 Å². The van der Waals surface area contributed by atoms with Crippen molar-refractivity contribution in [3.8, 4) is 22.8 Å². The predicted octanol–water partition coefficient (Wildman–Crippen LogP) is 4.27. The Labute approximate surface area is 111 Å². The lowest BCUT2D eigenvalue weighted by Crippen LogP contribution is -1.75. The zero-order valence-electron chi connectivity index (χ0n) is 9.22. The van der Waals surface area contributed by atoms with Crippen molar-refractivity contribution in [2.75, 3.05) is 0 Å². The minimum absolute atomic E-state index is 0.194. The standard InChI is InChI=1S/C14H9BrO3/c15-12-7-10(17)1-3-11(12)14-6-8-5-9(16)2-4-13(8)18-14/h1-7,16-17H. The number of hydrogen-bond acceptors (Lipinski definition) is 3. The molecule has 0 spiro atoms. The fourth-order valence-corrected chi connectivity index (χ4v) is 2.43. The highest BCUT2D eigenvalue weighted by Crippen LogP contribution is 2.35. The van der Waals surface area contributed by atoms with E-state index >= 15 is 0 Å². The molecule has 0 saturated carbocycles. The van der Waals surface area contributed by atoms with E-state index in [2.05, 4.69) is 15.9 Å². The second-order valence-electron chi connectivity index (χ2n) is 4.00. The maximum absolute atomic E-state index is 9.42. The van der Waals surface area contributed by atoms with Crippen LogP contribution in [0.25, 0.3) is 22.3 Å². The summed E-state index contributed by atoms with van der Waals surface area (Å²) in [5.74, 6) is 1.08. The summed E-state index contributed by atoms with van der Waals surface area (Å²) in [6.45, 7) is 0. The van der Waals surface area contributed by atoms with Crippen LogP contribution in [0.15, 0.2) is 51.4 Å². The molecule has 4 heteroatoms. The summed E-state index contributed by atoms with van der Waals surface area (Å²) in [6, 6.07) is 11.8. The van der Waals surface area contributed by atoms with Gasteiger partial charge in [-0.15, -0.1) is 0 Å². The van der Waals surface area contributed by atoms with Crippen molar-refractivity contribution in [1.29, 1.82) is 0 Å². The Morgan fingerprint density at radius 2 is 1.61 bits per heavy atom. The first kappa shape index (κ1) is 11.2. The van der Waals surface area contributed by atoms with Gasteiger partial charge >= 0.3 is 0 Å². The summed E-state index contributed by atoms with van der Waals surface area (Å²) >= 11 is 3.39. The lowest BCUT2D eigenvalue weighted by atomic mass is 10.1. The fraction of sp³-hybridized carbons (Fsp3) is 0. The highest BCUT2D eigenvalue weighted by molar-refractivity contribution is 9.10. The number of furan rings is 1. The Morgan fingerprint density at radius 3 is 2.39 bits per heavy atom. The maximum atomic E-state index is 9.42. The number of benzene rings is 2. The van der Waals surface area contributed by atoms with E-state index in [9.17, 15) is 10.2 Å². The molecule has 90 valence electrons. The van der Waals surface area contributed by atoms with Gasteiger partial charge in [-0.05, 0) is 58.4 Å². The summed E-state index contributed by atoms with van der Waals surface area (Å²) in [6.07, 6.45) is 0. The van der Waals surface area contributed by atoms with Gasteiger partial charge in [0.15, 0.2) is 0 Å². The van der Waals surface area contributed by atoms with Crippen molar-refractivity contribution in [1.82, 2.24) is 0 Å². The van der Waals surface area contributed by atoms with E-state index in [1.165, 1.54) is 0 Å². The van der Waals surface area contributed by atoms with Gasteiger partial charge < -0.3 is 14.6 Å². The van der Waals surface area contributed by atoms with Gasteiger partial charge in [0.05, 0.1) is 0 Å². The maximum Gasteiger partial charge on any atom is 0.136 e. The smallest absolute Gasteiger partial charge is 0.136 e. The highest BCUT2D eigenvalue weighted by Gasteiger charge is 2.10. The number of hydrogen-bond donors (Lipinski definition) is 2. The Morgan fingerprint density at radius 1 is 0.889 bits per heavy atom. The van der Waals surface area contributed by atoms with Gasteiger partial charge in [0.1, 0.15) is 22.8 Å². The van der Waals surface area contributed by atoms with Crippen LogP contribution in [0, 0.1) is 0 Å². The molecule has 2 N–H and O–H groups in total. The summed E-state index contributed by atoms with van der Waals surface area (Å²) in [5, 5.41) is 19.6. The molecule has 1 heterocycles. The van der Waals surface area contributed by atoms with Crippen molar-refractivity contribution >= 4 is 26.9 Å². The van der Waals surface area contributed by atoms with Crippen LogP contribution in [0.1, 0.15) is 0 Å². The molecular weight excluding hydrogens is 296 g/mol. The van der Waals surface area contributed by atoms with Crippen LogP contribution in [0.4, 0.5) is 0 Å². The first-order valence-electron chi connectivity index (χ1n) is 5.35. The van der Waals surface area contributed by atoms with Crippen LogP contribution in [0.3, 0.4) is 0 Å². The molecule has 0 saturated heterocycles. The SMILES string of the molecule is Oc1ccc(-c2cc3cc(O)ccc3o2)c(Br)c1. The first-order valence-corrected chi connectivity index (χ1v) is 6.14. The molecule has 3 nitrogen and oxygen atoms in total. The van der Waals surface area contributed by atoms with Crippen LogP contribution in [0.2, 0.25) is 0 Å². The molecular formula is C14H9BrO3. The van der Waals surface area contributed by atoms with E-state index < -0.39 is 0 Å². The lowest BCUT2D eigenvalue weighted by Gasteiger charge is -2.00. The van der Waals surface area contributed by atoms with Crippen LogP contribution in [0.5, 0.6) is 11.5 Å². The number of phenolic OH excluding ortho intramolecular Hbond substituents is 2. The fourth-order valence-electron chi connectivity index (χ4n) is 1.87. The van der Waals surface area contributed by atoms with Crippen molar-refractivity contribution in [2.24, 2.45) is 0 Å². The quantitative estimate of drug-likeness (QED) is 0.706. The molecule has 0 fully saturated rings. The largest absolute Gasteiger partial charge is 0.508 e. The van der Waals surface area contributed by atoms with E-state index in [0.29, 0.717) is 11.3 Å². The topological polar surface area (TPSA) is 53.6 Å². The van der Waals surface area contributed by atoms with Crippen LogP contribution in [-0.4, -0.2) is 10.2 Å². The highest BCUT2D eigenvalue weighted by atomic mass is 79.9. The number of halogens is 1. The molecule has 18 heavy (non-hydrogen) atoms. The van der Waals surface area contributed by atoms with E-state index in [0.717, 1.165) is 15.4 Å². The second kappa shape index (κ2) is 4.07. The van der Waals surface area contributed by atoms with Crippen molar-refractivity contribution in [2.45, 2.75) is 0 Å². The van der Waals surface area contributed by atoms with Crippen LogP contribution in [-0.2, 0) is 0 Å². The predicted molar refractivity (Wildman–Crippen MR) is 72.7 cm³/mol. The molecule has 3 aromatic rings. The number of rotatable bonds is 1. The van der Waals surface area contributed by atoms with Gasteiger partial charge in [-0.2, -0.15) is 0 Å². The lowest BCUT2D eigenvalue weighted by molar-refractivity contribution is 0.474. The average Bonchev–Trinajstić information content (AvgIpc) is 2.71. The molecule has 0 radical (unpaired) electrons. The average molecular weight is 305 g/mol. The molecule has 0 aliphatic heterocycles. The van der Waals surface area contributed by atoms with Gasteiger partial charge in [-0.25, -0.2) is 0 Å². The van der Waals surface area contributed by atoms with Crippen molar-refractivity contribution in [3.63, 3.8) is 0 Å². The monoisotopic (exact) mass is 304 g/mol. The number of fused-ring (bicyclic) bond motifs is 1. The third kappa shape index (κ3) is 1.84. The zero-order chi connectivity index (χ0) is 12.7. The van der Waals surface area contributed by atoms with Crippen molar-refractivity contribution < 1.29 is 14.6 Å². The molecule has 1 aromatic heterocycles. The van der Waals surface area contributed by atoms with Crippen LogP contribution >= 0.6 is 15.9 Å². The molecule has 0 bridgehead atoms. The van der Waals surface area contributed by atoms with E-state index in [1.54, 1.807) is 36.4 Å².